The number of halogens is 3. The van der Waals surface area contributed by atoms with Crippen LogP contribution in [0.4, 0.5) is 18.0 Å². The number of rotatable bonds is 9. The number of carbonyl (C=O) groups excluding carboxylic acids is 3. The van der Waals surface area contributed by atoms with Crippen LogP contribution in [0, 0.1) is 5.92 Å². The van der Waals surface area contributed by atoms with Gasteiger partial charge in [0.2, 0.25) is 5.91 Å². The Bertz CT molecular complexity index is 1070. The molecule has 2 aliphatic rings. The van der Waals surface area contributed by atoms with Gasteiger partial charge in [-0.1, -0.05) is 38.1 Å². The highest BCUT2D eigenvalue weighted by atomic mass is 19.4. The molecule has 2 heterocycles. The maximum absolute atomic E-state index is 13.8. The van der Waals surface area contributed by atoms with Crippen molar-refractivity contribution in [2.75, 3.05) is 40.3 Å². The number of nitrogens with zero attached hydrogens (tertiary/aromatic N) is 3. The lowest BCUT2D eigenvalue weighted by Gasteiger charge is -2.33. The molecular formula is C25H32F3N5O3. The van der Waals surface area contributed by atoms with Crippen molar-refractivity contribution in [1.29, 1.82) is 0 Å². The Labute approximate surface area is 208 Å². The smallest absolute Gasteiger partial charge is 0.353 e. The summed E-state index contributed by atoms with van der Waals surface area (Å²) in [4.78, 5) is 44.4. The minimum atomic E-state index is -4.69. The van der Waals surface area contributed by atoms with Crippen molar-refractivity contribution in [1.82, 2.24) is 25.3 Å². The van der Waals surface area contributed by atoms with Gasteiger partial charge >= 0.3 is 12.2 Å². The van der Waals surface area contributed by atoms with Gasteiger partial charge in [-0.2, -0.15) is 13.2 Å². The Balaban J connectivity index is 2.04. The SMILES string of the molecule is C=CCN1C(=O)N[C@H](c2ccccc2C(F)(F)F)C2=C1CN([C@H](C(=O)NCCN(C)C)C(C)C)C2=O. The highest BCUT2D eigenvalue weighted by molar-refractivity contribution is 6.03. The molecule has 0 saturated carbocycles. The summed E-state index contributed by atoms with van der Waals surface area (Å²) < 4.78 is 41.5. The summed E-state index contributed by atoms with van der Waals surface area (Å²) in [6.07, 6.45) is -3.22. The number of alkyl halides is 3. The summed E-state index contributed by atoms with van der Waals surface area (Å²) in [5.41, 5.74) is -0.861. The molecule has 11 heteroatoms. The fraction of sp³-hybridized carbons (Fsp3) is 0.480. The van der Waals surface area contributed by atoms with Crippen LogP contribution < -0.4 is 10.6 Å². The topological polar surface area (TPSA) is 85.0 Å². The van der Waals surface area contributed by atoms with Gasteiger partial charge in [0.1, 0.15) is 6.04 Å². The third kappa shape index (κ3) is 5.40. The number of urea groups is 1. The minimum absolute atomic E-state index is 0.0277. The van der Waals surface area contributed by atoms with E-state index in [4.69, 9.17) is 0 Å². The van der Waals surface area contributed by atoms with Gasteiger partial charge in [0.25, 0.3) is 5.91 Å². The normalized spacial score (nSPS) is 19.1. The van der Waals surface area contributed by atoms with Crippen molar-refractivity contribution in [3.63, 3.8) is 0 Å². The van der Waals surface area contributed by atoms with Crippen molar-refractivity contribution in [2.45, 2.75) is 32.1 Å². The fourth-order valence-electron chi connectivity index (χ4n) is 4.61. The molecule has 196 valence electrons. The summed E-state index contributed by atoms with van der Waals surface area (Å²) in [5.74, 6) is -1.23. The predicted octanol–water partition coefficient (Wildman–Crippen LogP) is 2.76. The molecule has 0 saturated heterocycles. The summed E-state index contributed by atoms with van der Waals surface area (Å²) in [5, 5.41) is 5.41. The zero-order valence-electron chi connectivity index (χ0n) is 20.9. The van der Waals surface area contributed by atoms with Crippen LogP contribution in [0.15, 0.2) is 48.2 Å². The molecule has 0 aromatic heterocycles. The Kier molecular flexibility index (Phi) is 8.12. The van der Waals surface area contributed by atoms with Gasteiger partial charge in [-0.25, -0.2) is 4.79 Å². The van der Waals surface area contributed by atoms with E-state index in [1.165, 1.54) is 34.1 Å². The van der Waals surface area contributed by atoms with Crippen LogP contribution in [-0.2, 0) is 15.8 Å². The summed E-state index contributed by atoms with van der Waals surface area (Å²) >= 11 is 0. The second-order valence-corrected chi connectivity index (χ2v) is 9.44. The number of nitrogens with one attached hydrogen (secondary N) is 2. The van der Waals surface area contributed by atoms with Gasteiger partial charge in [-0.3, -0.25) is 14.5 Å². The third-order valence-electron chi connectivity index (χ3n) is 6.23. The first-order valence-corrected chi connectivity index (χ1v) is 11.7. The molecule has 0 fully saturated rings. The summed E-state index contributed by atoms with van der Waals surface area (Å²) in [6, 6.07) is 2.04. The maximum Gasteiger partial charge on any atom is 0.416 e. The molecule has 1 aromatic rings. The lowest BCUT2D eigenvalue weighted by Crippen LogP contribution is -2.52. The molecule has 3 rings (SSSR count). The van der Waals surface area contributed by atoms with Crippen LogP contribution in [0.2, 0.25) is 0 Å². The number of hydrogen-bond donors (Lipinski definition) is 2. The first-order chi connectivity index (χ1) is 16.9. The minimum Gasteiger partial charge on any atom is -0.353 e. The lowest BCUT2D eigenvalue weighted by molar-refractivity contribution is -0.139. The van der Waals surface area contributed by atoms with E-state index in [1.807, 2.05) is 19.0 Å². The van der Waals surface area contributed by atoms with Crippen molar-refractivity contribution in [3.05, 3.63) is 59.3 Å². The average Bonchev–Trinajstić information content (AvgIpc) is 3.11. The van der Waals surface area contributed by atoms with E-state index < -0.39 is 35.8 Å². The van der Waals surface area contributed by atoms with E-state index in [0.29, 0.717) is 13.1 Å². The quantitative estimate of drug-likeness (QED) is 0.504. The van der Waals surface area contributed by atoms with Gasteiger partial charge < -0.3 is 20.4 Å². The van der Waals surface area contributed by atoms with Gasteiger partial charge in [-0.05, 0) is 31.6 Å². The number of benzene rings is 1. The second-order valence-electron chi connectivity index (χ2n) is 9.44. The Morgan fingerprint density at radius 1 is 1.28 bits per heavy atom. The van der Waals surface area contributed by atoms with Crippen LogP contribution in [0.25, 0.3) is 0 Å². The van der Waals surface area contributed by atoms with E-state index in [1.54, 1.807) is 13.8 Å². The molecule has 0 spiro atoms. The van der Waals surface area contributed by atoms with Crippen molar-refractivity contribution in [3.8, 4) is 0 Å². The zero-order chi connectivity index (χ0) is 26.8. The Hall–Kier alpha value is -3.34. The van der Waals surface area contributed by atoms with Crippen LogP contribution in [-0.4, -0.2) is 78.9 Å². The highest BCUT2D eigenvalue weighted by Gasteiger charge is 2.49. The van der Waals surface area contributed by atoms with Crippen LogP contribution in [0.3, 0.4) is 0 Å². The second kappa shape index (κ2) is 10.7. The van der Waals surface area contributed by atoms with E-state index >= 15 is 0 Å². The molecule has 4 amide bonds. The van der Waals surface area contributed by atoms with Crippen LogP contribution in [0.1, 0.15) is 31.0 Å². The largest absolute Gasteiger partial charge is 0.416 e. The van der Waals surface area contributed by atoms with Gasteiger partial charge in [0.05, 0.1) is 29.4 Å². The molecule has 2 N–H and O–H groups in total. The molecule has 0 bridgehead atoms. The summed E-state index contributed by atoms with van der Waals surface area (Å²) in [6.45, 7) is 8.18. The number of carbonyl (C=O) groups is 3. The highest BCUT2D eigenvalue weighted by Crippen LogP contribution is 2.42. The van der Waals surface area contributed by atoms with Gasteiger partial charge in [-0.15, -0.1) is 6.58 Å². The molecule has 0 aliphatic carbocycles. The van der Waals surface area contributed by atoms with E-state index in [0.717, 1.165) is 6.07 Å². The molecular weight excluding hydrogens is 475 g/mol. The average molecular weight is 508 g/mol. The van der Waals surface area contributed by atoms with Gasteiger partial charge in [0.15, 0.2) is 0 Å². The fourth-order valence-corrected chi connectivity index (χ4v) is 4.61. The molecule has 8 nitrogen and oxygen atoms in total. The van der Waals surface area contributed by atoms with Crippen molar-refractivity contribution in [2.24, 2.45) is 5.92 Å². The predicted molar refractivity (Wildman–Crippen MR) is 129 cm³/mol. The Morgan fingerprint density at radius 2 is 1.94 bits per heavy atom. The first-order valence-electron chi connectivity index (χ1n) is 11.7. The lowest BCUT2D eigenvalue weighted by atomic mass is 9.91. The molecule has 0 unspecified atom stereocenters. The molecule has 0 radical (unpaired) electrons. The number of likely N-dealkylation sites (N-methyl/N-ethyl adjacent to an activating group) is 1. The van der Waals surface area contributed by atoms with Crippen molar-refractivity contribution >= 4 is 17.8 Å². The standard InChI is InChI=1S/C25H32F3N5O3/c1-6-12-32-18-14-33(21(15(2)3)22(34)29-11-13-31(4)5)23(35)19(18)20(30-24(32)36)16-9-7-8-10-17(16)25(26,27)28/h6-10,15,20-21H,1,11-14H2,2-5H3,(H,29,34)(H,30,36)/t20-,21+/m1/s1. The number of hydrogen-bond acceptors (Lipinski definition) is 4. The Morgan fingerprint density at radius 3 is 2.53 bits per heavy atom. The van der Waals surface area contributed by atoms with Gasteiger partial charge in [0, 0.05) is 19.6 Å². The van der Waals surface area contributed by atoms with Crippen LogP contribution in [0.5, 0.6) is 0 Å². The van der Waals surface area contributed by atoms with Crippen LogP contribution >= 0.6 is 0 Å². The number of amides is 4. The van der Waals surface area contributed by atoms with E-state index in [-0.39, 0.29) is 41.7 Å². The molecule has 2 aliphatic heterocycles. The van der Waals surface area contributed by atoms with E-state index in [2.05, 4.69) is 17.2 Å². The van der Waals surface area contributed by atoms with Crippen molar-refractivity contribution < 1.29 is 27.6 Å². The van der Waals surface area contributed by atoms with E-state index in [9.17, 15) is 27.6 Å². The molecule has 1 aromatic carbocycles. The maximum atomic E-state index is 13.8. The summed E-state index contributed by atoms with van der Waals surface area (Å²) in [7, 11) is 3.73. The third-order valence-corrected chi connectivity index (χ3v) is 6.23. The monoisotopic (exact) mass is 507 g/mol. The zero-order valence-corrected chi connectivity index (χ0v) is 20.9. The molecule has 2 atom stereocenters. The first kappa shape index (κ1) is 27.3. The molecule has 36 heavy (non-hydrogen) atoms.